The molecule has 1 saturated heterocycles. The summed E-state index contributed by atoms with van der Waals surface area (Å²) >= 11 is 0. The van der Waals surface area contributed by atoms with Crippen molar-refractivity contribution in [2.75, 3.05) is 26.3 Å². The molecule has 2 rings (SSSR count). The molecular formula is C15H22N2O2. The normalized spacial score (nSPS) is 18.9. The summed E-state index contributed by atoms with van der Waals surface area (Å²) in [6.07, 6.45) is 0.474. The standard InChI is InChI=1S/C15H22N2O2/c1-12(16)14(13-5-3-2-4-6-13)11-15(18)17-7-9-19-10-8-17/h2-6,12,14H,7-11,16H2,1H3/t12-,14+/m0/s1. The number of rotatable bonds is 4. The summed E-state index contributed by atoms with van der Waals surface area (Å²) in [5, 5.41) is 0. The van der Waals surface area contributed by atoms with E-state index in [0.29, 0.717) is 32.7 Å². The van der Waals surface area contributed by atoms with Gasteiger partial charge in [-0.25, -0.2) is 0 Å². The third-order valence-electron chi connectivity index (χ3n) is 3.62. The minimum absolute atomic E-state index is 0.0348. The van der Waals surface area contributed by atoms with Gasteiger partial charge in [-0.2, -0.15) is 0 Å². The highest BCUT2D eigenvalue weighted by molar-refractivity contribution is 5.77. The summed E-state index contributed by atoms with van der Waals surface area (Å²) in [6.45, 7) is 4.63. The van der Waals surface area contributed by atoms with Crippen LogP contribution in [0.5, 0.6) is 0 Å². The molecule has 4 heteroatoms. The van der Waals surface area contributed by atoms with Gasteiger partial charge in [0.25, 0.3) is 0 Å². The van der Waals surface area contributed by atoms with Crippen LogP contribution < -0.4 is 5.73 Å². The Morgan fingerprint density at radius 3 is 2.53 bits per heavy atom. The summed E-state index contributed by atoms with van der Waals surface area (Å²) in [4.78, 5) is 14.2. The number of ether oxygens (including phenoxy) is 1. The average Bonchev–Trinajstić information content (AvgIpc) is 2.46. The summed E-state index contributed by atoms with van der Waals surface area (Å²) in [5.74, 6) is 0.256. The Morgan fingerprint density at radius 2 is 1.95 bits per heavy atom. The lowest BCUT2D eigenvalue weighted by Crippen LogP contribution is -2.42. The van der Waals surface area contributed by atoms with Gasteiger partial charge in [-0.3, -0.25) is 4.79 Å². The number of hydrogen-bond acceptors (Lipinski definition) is 3. The van der Waals surface area contributed by atoms with Crippen molar-refractivity contribution in [3.63, 3.8) is 0 Å². The second-order valence-electron chi connectivity index (χ2n) is 5.07. The maximum atomic E-state index is 12.3. The maximum absolute atomic E-state index is 12.3. The van der Waals surface area contributed by atoms with Gasteiger partial charge in [0.15, 0.2) is 0 Å². The number of morpholine rings is 1. The molecule has 104 valence electrons. The second kappa shape index (κ2) is 6.68. The third-order valence-corrected chi connectivity index (χ3v) is 3.62. The molecule has 0 radical (unpaired) electrons. The first-order valence-corrected chi connectivity index (χ1v) is 6.84. The monoisotopic (exact) mass is 262 g/mol. The molecule has 0 unspecified atom stereocenters. The fraction of sp³-hybridized carbons (Fsp3) is 0.533. The van der Waals surface area contributed by atoms with Crippen LogP contribution in [0.15, 0.2) is 30.3 Å². The SMILES string of the molecule is C[C@H](N)[C@@H](CC(=O)N1CCOCC1)c1ccccc1. The van der Waals surface area contributed by atoms with E-state index in [4.69, 9.17) is 10.5 Å². The van der Waals surface area contributed by atoms with Crippen molar-refractivity contribution < 1.29 is 9.53 Å². The van der Waals surface area contributed by atoms with Crippen LogP contribution in [0.3, 0.4) is 0 Å². The lowest BCUT2D eigenvalue weighted by Gasteiger charge is -2.29. The Kier molecular flexibility index (Phi) is 4.93. The van der Waals surface area contributed by atoms with Crippen LogP contribution in [0.4, 0.5) is 0 Å². The molecule has 1 aromatic carbocycles. The van der Waals surface area contributed by atoms with E-state index in [1.54, 1.807) is 0 Å². The Bertz CT molecular complexity index is 400. The number of nitrogens with two attached hydrogens (primary N) is 1. The Hall–Kier alpha value is -1.39. The van der Waals surface area contributed by atoms with Crippen LogP contribution in [0, 0.1) is 0 Å². The van der Waals surface area contributed by atoms with Gasteiger partial charge in [-0.15, -0.1) is 0 Å². The van der Waals surface area contributed by atoms with E-state index >= 15 is 0 Å². The van der Waals surface area contributed by atoms with Crippen molar-refractivity contribution in [2.24, 2.45) is 5.73 Å². The van der Waals surface area contributed by atoms with Crippen molar-refractivity contribution in [2.45, 2.75) is 25.3 Å². The first-order chi connectivity index (χ1) is 9.18. The zero-order chi connectivity index (χ0) is 13.7. The lowest BCUT2D eigenvalue weighted by atomic mass is 9.89. The molecule has 0 aliphatic carbocycles. The van der Waals surface area contributed by atoms with E-state index < -0.39 is 0 Å². The van der Waals surface area contributed by atoms with Gasteiger partial charge < -0.3 is 15.4 Å². The number of carbonyl (C=O) groups is 1. The minimum atomic E-state index is -0.0348. The molecule has 1 heterocycles. The lowest BCUT2D eigenvalue weighted by molar-refractivity contribution is -0.135. The van der Waals surface area contributed by atoms with Gasteiger partial charge >= 0.3 is 0 Å². The molecule has 0 bridgehead atoms. The minimum Gasteiger partial charge on any atom is -0.378 e. The Morgan fingerprint density at radius 1 is 1.32 bits per heavy atom. The summed E-state index contributed by atoms with van der Waals surface area (Å²) in [6, 6.07) is 10.0. The highest BCUT2D eigenvalue weighted by Gasteiger charge is 2.24. The van der Waals surface area contributed by atoms with Crippen LogP contribution in [0.1, 0.15) is 24.8 Å². The van der Waals surface area contributed by atoms with E-state index in [2.05, 4.69) is 0 Å². The molecule has 1 amide bonds. The van der Waals surface area contributed by atoms with E-state index in [0.717, 1.165) is 5.56 Å². The van der Waals surface area contributed by atoms with E-state index in [-0.39, 0.29) is 17.9 Å². The molecule has 2 atom stereocenters. The number of nitrogens with zero attached hydrogens (tertiary/aromatic N) is 1. The van der Waals surface area contributed by atoms with Crippen molar-refractivity contribution >= 4 is 5.91 Å². The molecule has 0 spiro atoms. The largest absolute Gasteiger partial charge is 0.378 e. The quantitative estimate of drug-likeness (QED) is 0.891. The van der Waals surface area contributed by atoms with E-state index in [1.165, 1.54) is 0 Å². The number of amides is 1. The van der Waals surface area contributed by atoms with Gasteiger partial charge in [0.05, 0.1) is 13.2 Å². The zero-order valence-corrected chi connectivity index (χ0v) is 11.4. The van der Waals surface area contributed by atoms with Crippen LogP contribution >= 0.6 is 0 Å². The molecule has 1 aliphatic heterocycles. The van der Waals surface area contributed by atoms with Crippen LogP contribution in [0.25, 0.3) is 0 Å². The van der Waals surface area contributed by atoms with E-state index in [1.807, 2.05) is 42.2 Å². The second-order valence-corrected chi connectivity index (χ2v) is 5.07. The van der Waals surface area contributed by atoms with Gasteiger partial charge in [0, 0.05) is 31.5 Å². The van der Waals surface area contributed by atoms with Gasteiger partial charge in [0.1, 0.15) is 0 Å². The molecule has 1 aliphatic rings. The van der Waals surface area contributed by atoms with Gasteiger partial charge in [-0.1, -0.05) is 30.3 Å². The Balaban J connectivity index is 2.02. The summed E-state index contributed by atoms with van der Waals surface area (Å²) in [7, 11) is 0. The van der Waals surface area contributed by atoms with Crippen molar-refractivity contribution in [1.29, 1.82) is 0 Å². The van der Waals surface area contributed by atoms with E-state index in [9.17, 15) is 4.79 Å². The van der Waals surface area contributed by atoms with Crippen molar-refractivity contribution in [3.05, 3.63) is 35.9 Å². The average molecular weight is 262 g/mol. The maximum Gasteiger partial charge on any atom is 0.223 e. The highest BCUT2D eigenvalue weighted by atomic mass is 16.5. The summed E-state index contributed by atoms with van der Waals surface area (Å²) in [5.41, 5.74) is 7.19. The Labute approximate surface area is 114 Å². The summed E-state index contributed by atoms with van der Waals surface area (Å²) < 4.78 is 5.27. The first-order valence-electron chi connectivity index (χ1n) is 6.84. The fourth-order valence-corrected chi connectivity index (χ4v) is 2.44. The molecule has 2 N–H and O–H groups in total. The van der Waals surface area contributed by atoms with Crippen LogP contribution in [0.2, 0.25) is 0 Å². The van der Waals surface area contributed by atoms with Crippen LogP contribution in [-0.4, -0.2) is 43.2 Å². The molecule has 1 fully saturated rings. The highest BCUT2D eigenvalue weighted by Crippen LogP contribution is 2.23. The van der Waals surface area contributed by atoms with Crippen molar-refractivity contribution in [3.8, 4) is 0 Å². The predicted octanol–water partition coefficient (Wildman–Crippen LogP) is 1.37. The molecule has 4 nitrogen and oxygen atoms in total. The van der Waals surface area contributed by atoms with Crippen LogP contribution in [-0.2, 0) is 9.53 Å². The fourth-order valence-electron chi connectivity index (χ4n) is 2.44. The molecule has 1 aromatic rings. The molecular weight excluding hydrogens is 240 g/mol. The zero-order valence-electron chi connectivity index (χ0n) is 11.4. The van der Waals surface area contributed by atoms with Gasteiger partial charge in [0.2, 0.25) is 5.91 Å². The smallest absolute Gasteiger partial charge is 0.223 e. The molecule has 19 heavy (non-hydrogen) atoms. The van der Waals surface area contributed by atoms with Crippen molar-refractivity contribution in [1.82, 2.24) is 4.90 Å². The topological polar surface area (TPSA) is 55.6 Å². The third kappa shape index (κ3) is 3.78. The predicted molar refractivity (Wildman–Crippen MR) is 74.8 cm³/mol. The molecule has 0 saturated carbocycles. The number of carbonyl (C=O) groups excluding carboxylic acids is 1. The van der Waals surface area contributed by atoms with Gasteiger partial charge in [-0.05, 0) is 12.5 Å². The number of benzene rings is 1. The molecule has 0 aromatic heterocycles. The first kappa shape index (κ1) is 14.0. The number of hydrogen-bond donors (Lipinski definition) is 1.